The summed E-state index contributed by atoms with van der Waals surface area (Å²) in [4.78, 5) is 17.2. The molecule has 0 radical (unpaired) electrons. The molecule has 3 aromatic heterocycles. The van der Waals surface area contributed by atoms with Gasteiger partial charge in [-0.3, -0.25) is 4.98 Å². The molecule has 3 nitrogen and oxygen atoms in total. The highest BCUT2D eigenvalue weighted by Gasteiger charge is 2.30. The molecule has 2 aliphatic carbocycles. The summed E-state index contributed by atoms with van der Waals surface area (Å²) in [7, 11) is 0. The Morgan fingerprint density at radius 1 is 1.20 bits per heavy atom. The normalized spacial score (nSPS) is 20.0. The second-order valence-electron chi connectivity index (χ2n) is 7.30. The fourth-order valence-corrected chi connectivity index (χ4v) is 6.01. The van der Waals surface area contributed by atoms with Gasteiger partial charge in [0.05, 0.1) is 5.69 Å². The molecule has 128 valence electrons. The van der Waals surface area contributed by atoms with Crippen LogP contribution in [0.2, 0.25) is 0 Å². The first-order chi connectivity index (χ1) is 12.3. The number of hydrogen-bond donors (Lipinski definition) is 0. The Morgan fingerprint density at radius 3 is 2.92 bits per heavy atom. The average molecular weight is 368 g/mol. The molecule has 3 aromatic rings. The standard InChI is InChI=1S/C20H21N3S2/c1-12-5-8-15-16(10-12)25-20-17(15)19(22-18(23-20)13-6-7-13)24-11-14-4-2-3-9-21-14/h2-4,9,12-13H,5-8,10-11H2,1H3/t12-/m0/s1. The number of rotatable bonds is 4. The number of aromatic nitrogens is 3. The van der Waals surface area contributed by atoms with Crippen LogP contribution >= 0.6 is 23.1 Å². The van der Waals surface area contributed by atoms with Gasteiger partial charge in [0.15, 0.2) is 0 Å². The molecule has 0 N–H and O–H groups in total. The zero-order valence-corrected chi connectivity index (χ0v) is 16.0. The van der Waals surface area contributed by atoms with Crippen LogP contribution in [-0.2, 0) is 18.6 Å². The maximum Gasteiger partial charge on any atom is 0.134 e. The van der Waals surface area contributed by atoms with E-state index in [-0.39, 0.29) is 0 Å². The van der Waals surface area contributed by atoms with Crippen LogP contribution in [0, 0.1) is 5.92 Å². The monoisotopic (exact) mass is 367 g/mol. The molecule has 0 unspecified atom stereocenters. The molecule has 2 aliphatic rings. The van der Waals surface area contributed by atoms with Gasteiger partial charge in [0.1, 0.15) is 15.7 Å². The summed E-state index contributed by atoms with van der Waals surface area (Å²) in [5, 5.41) is 2.53. The van der Waals surface area contributed by atoms with Crippen molar-refractivity contribution in [2.45, 2.75) is 55.7 Å². The molecule has 0 amide bonds. The van der Waals surface area contributed by atoms with E-state index in [4.69, 9.17) is 9.97 Å². The molecule has 3 heterocycles. The summed E-state index contributed by atoms with van der Waals surface area (Å²) in [5.74, 6) is 3.33. The zero-order valence-electron chi connectivity index (χ0n) is 14.4. The predicted octanol–water partition coefficient (Wildman–Crippen LogP) is 5.38. The predicted molar refractivity (Wildman–Crippen MR) is 104 cm³/mol. The largest absolute Gasteiger partial charge is 0.260 e. The zero-order chi connectivity index (χ0) is 16.8. The minimum absolute atomic E-state index is 0.594. The molecule has 1 saturated carbocycles. The van der Waals surface area contributed by atoms with Crippen molar-refractivity contribution in [3.8, 4) is 0 Å². The number of thioether (sulfide) groups is 1. The van der Waals surface area contributed by atoms with Gasteiger partial charge in [0.25, 0.3) is 0 Å². The molecule has 1 fully saturated rings. The Bertz CT molecular complexity index is 916. The molecular formula is C20H21N3S2. The Hall–Kier alpha value is -1.46. The first-order valence-electron chi connectivity index (χ1n) is 9.13. The highest BCUT2D eigenvalue weighted by molar-refractivity contribution is 7.98. The van der Waals surface area contributed by atoms with Crippen molar-refractivity contribution < 1.29 is 0 Å². The van der Waals surface area contributed by atoms with E-state index in [0.717, 1.165) is 23.2 Å². The second-order valence-corrected chi connectivity index (χ2v) is 9.35. The summed E-state index contributed by atoms with van der Waals surface area (Å²) in [6, 6.07) is 6.12. The molecule has 0 spiro atoms. The lowest BCUT2D eigenvalue weighted by Gasteiger charge is -2.18. The van der Waals surface area contributed by atoms with Gasteiger partial charge >= 0.3 is 0 Å². The van der Waals surface area contributed by atoms with Crippen LogP contribution in [0.4, 0.5) is 0 Å². The summed E-state index contributed by atoms with van der Waals surface area (Å²) < 4.78 is 0. The Kier molecular flexibility index (Phi) is 4.01. The number of aryl methyl sites for hydroxylation is 1. The molecule has 25 heavy (non-hydrogen) atoms. The minimum Gasteiger partial charge on any atom is -0.260 e. The number of nitrogens with zero attached hydrogens (tertiary/aromatic N) is 3. The van der Waals surface area contributed by atoms with Crippen molar-refractivity contribution >= 4 is 33.3 Å². The number of fused-ring (bicyclic) bond motifs is 3. The molecule has 5 rings (SSSR count). The van der Waals surface area contributed by atoms with Crippen molar-refractivity contribution in [2.24, 2.45) is 5.92 Å². The minimum atomic E-state index is 0.594. The summed E-state index contributed by atoms with van der Waals surface area (Å²) in [6.07, 6.45) is 8.04. The van der Waals surface area contributed by atoms with E-state index >= 15 is 0 Å². The molecular weight excluding hydrogens is 346 g/mol. The van der Waals surface area contributed by atoms with E-state index in [9.17, 15) is 0 Å². The lowest BCUT2D eigenvalue weighted by Crippen LogP contribution is -2.08. The van der Waals surface area contributed by atoms with Gasteiger partial charge in [0, 0.05) is 28.1 Å². The van der Waals surface area contributed by atoms with Crippen LogP contribution < -0.4 is 0 Å². The van der Waals surface area contributed by atoms with Crippen LogP contribution in [0.3, 0.4) is 0 Å². The highest BCUT2D eigenvalue weighted by Crippen LogP contribution is 2.44. The maximum absolute atomic E-state index is 5.01. The Balaban J connectivity index is 1.57. The molecule has 0 saturated heterocycles. The van der Waals surface area contributed by atoms with Crippen molar-refractivity contribution in [3.05, 3.63) is 46.4 Å². The topological polar surface area (TPSA) is 38.7 Å². The number of thiophene rings is 1. The SMILES string of the molecule is C[C@H]1CCc2c(sc3nc(C4CC4)nc(SCc4ccccn4)c23)C1. The van der Waals surface area contributed by atoms with Crippen LogP contribution in [0.1, 0.15) is 54.1 Å². The van der Waals surface area contributed by atoms with Crippen molar-refractivity contribution in [3.63, 3.8) is 0 Å². The van der Waals surface area contributed by atoms with E-state index in [0.29, 0.717) is 5.92 Å². The third-order valence-corrected chi connectivity index (χ3v) is 7.32. The molecule has 0 aliphatic heterocycles. The molecule has 0 aromatic carbocycles. The van der Waals surface area contributed by atoms with E-state index in [1.165, 1.54) is 52.9 Å². The first-order valence-corrected chi connectivity index (χ1v) is 10.9. The summed E-state index contributed by atoms with van der Waals surface area (Å²) >= 11 is 3.75. The average Bonchev–Trinajstić information content (AvgIpc) is 3.41. The van der Waals surface area contributed by atoms with Gasteiger partial charge in [-0.2, -0.15) is 0 Å². The van der Waals surface area contributed by atoms with Gasteiger partial charge < -0.3 is 0 Å². The maximum atomic E-state index is 5.01. The third-order valence-electron chi connectivity index (χ3n) is 5.16. The number of hydrogen-bond acceptors (Lipinski definition) is 5. The van der Waals surface area contributed by atoms with E-state index in [2.05, 4.69) is 24.0 Å². The van der Waals surface area contributed by atoms with Crippen molar-refractivity contribution in [2.75, 3.05) is 0 Å². The van der Waals surface area contributed by atoms with Crippen LogP contribution in [0.25, 0.3) is 10.2 Å². The second kappa shape index (κ2) is 6.36. The van der Waals surface area contributed by atoms with Crippen molar-refractivity contribution in [1.29, 1.82) is 0 Å². The fourth-order valence-electron chi connectivity index (χ4n) is 3.58. The molecule has 1 atom stereocenters. The molecule has 0 bridgehead atoms. The first kappa shape index (κ1) is 15.8. The lowest BCUT2D eigenvalue weighted by molar-refractivity contribution is 0.509. The van der Waals surface area contributed by atoms with E-state index in [1.54, 1.807) is 4.88 Å². The lowest BCUT2D eigenvalue weighted by atomic mass is 9.89. The van der Waals surface area contributed by atoms with E-state index in [1.807, 2.05) is 35.4 Å². The van der Waals surface area contributed by atoms with Gasteiger partial charge in [0.2, 0.25) is 0 Å². The Morgan fingerprint density at radius 2 is 2.12 bits per heavy atom. The smallest absolute Gasteiger partial charge is 0.134 e. The summed E-state index contributed by atoms with van der Waals surface area (Å²) in [5.41, 5.74) is 2.65. The van der Waals surface area contributed by atoms with Crippen LogP contribution in [0.15, 0.2) is 29.4 Å². The van der Waals surface area contributed by atoms with Gasteiger partial charge in [-0.25, -0.2) is 9.97 Å². The van der Waals surface area contributed by atoms with Gasteiger partial charge in [-0.1, -0.05) is 24.8 Å². The van der Waals surface area contributed by atoms with Crippen molar-refractivity contribution in [1.82, 2.24) is 15.0 Å². The highest BCUT2D eigenvalue weighted by atomic mass is 32.2. The fraction of sp³-hybridized carbons (Fsp3) is 0.450. The van der Waals surface area contributed by atoms with Gasteiger partial charge in [-0.05, 0) is 55.7 Å². The Labute approximate surface area is 156 Å². The van der Waals surface area contributed by atoms with E-state index < -0.39 is 0 Å². The summed E-state index contributed by atoms with van der Waals surface area (Å²) in [6.45, 7) is 2.37. The third kappa shape index (κ3) is 3.08. The number of pyridine rings is 1. The van der Waals surface area contributed by atoms with Crippen LogP contribution in [-0.4, -0.2) is 15.0 Å². The molecule has 5 heteroatoms. The van der Waals surface area contributed by atoms with Gasteiger partial charge in [-0.15, -0.1) is 11.3 Å². The quantitative estimate of drug-likeness (QED) is 0.458. The van der Waals surface area contributed by atoms with Crippen LogP contribution in [0.5, 0.6) is 0 Å².